The molecular weight excluding hydrogens is 320 g/mol. The number of benzene rings is 1. The molecule has 2 N–H and O–H groups in total. The van der Waals surface area contributed by atoms with E-state index in [0.717, 1.165) is 12.1 Å². The number of hydrogen-bond acceptors (Lipinski definition) is 3. The third kappa shape index (κ3) is 6.47. The van der Waals surface area contributed by atoms with Crippen LogP contribution in [0.2, 0.25) is 0 Å². The van der Waals surface area contributed by atoms with Crippen LogP contribution in [0.25, 0.3) is 0 Å². The zero-order chi connectivity index (χ0) is 16.1. The molecule has 0 aromatic heterocycles. The Bertz CT molecular complexity index is 460. The quantitative estimate of drug-likeness (QED) is 0.635. The molecule has 9 heteroatoms. The second-order valence-electron chi connectivity index (χ2n) is 4.01. The molecule has 2 nitrogen and oxygen atoms in total. The zero-order valence-corrected chi connectivity index (χ0v) is 11.5. The van der Waals surface area contributed by atoms with E-state index in [-0.39, 0.29) is 24.7 Å². The van der Waals surface area contributed by atoms with E-state index in [4.69, 9.17) is 10.5 Å². The number of halogens is 6. The third-order valence-electron chi connectivity index (χ3n) is 2.39. The van der Waals surface area contributed by atoms with Crippen LogP contribution in [0, 0.1) is 0 Å². The van der Waals surface area contributed by atoms with Crippen LogP contribution in [0.4, 0.5) is 26.3 Å². The summed E-state index contributed by atoms with van der Waals surface area (Å²) in [7, 11) is 0. The lowest BCUT2D eigenvalue weighted by Crippen LogP contribution is -2.13. The van der Waals surface area contributed by atoms with Gasteiger partial charge in [-0.1, -0.05) is 6.07 Å². The SMILES string of the molecule is NCCc1ccc(OCCSC(F)(F)F)c(C(F)(F)F)c1. The predicted octanol–water partition coefficient (Wildman–Crippen LogP) is 3.84. The standard InChI is InChI=1S/C12H13F6NOS/c13-11(14,15)9-7-8(3-4-19)1-2-10(9)20-5-6-21-12(16,17)18/h1-2,7H,3-6,19H2. The molecule has 1 aromatic carbocycles. The van der Waals surface area contributed by atoms with E-state index in [1.165, 1.54) is 6.07 Å². The molecule has 120 valence electrons. The minimum Gasteiger partial charge on any atom is -0.492 e. The van der Waals surface area contributed by atoms with E-state index >= 15 is 0 Å². The molecule has 0 aliphatic rings. The van der Waals surface area contributed by atoms with Gasteiger partial charge < -0.3 is 10.5 Å². The first-order valence-corrected chi connectivity index (χ1v) is 6.85. The Hall–Kier alpha value is -1.09. The topological polar surface area (TPSA) is 35.2 Å². The lowest BCUT2D eigenvalue weighted by molar-refractivity contribution is -0.139. The minimum absolute atomic E-state index is 0.194. The van der Waals surface area contributed by atoms with Crippen molar-refractivity contribution in [3.63, 3.8) is 0 Å². The fraction of sp³-hybridized carbons (Fsp3) is 0.500. The monoisotopic (exact) mass is 333 g/mol. The molecule has 21 heavy (non-hydrogen) atoms. The first-order chi connectivity index (χ1) is 9.63. The fourth-order valence-electron chi connectivity index (χ4n) is 1.56. The van der Waals surface area contributed by atoms with Gasteiger partial charge in [-0.2, -0.15) is 26.3 Å². The van der Waals surface area contributed by atoms with Gasteiger partial charge in [0.15, 0.2) is 0 Å². The van der Waals surface area contributed by atoms with Gasteiger partial charge in [0, 0.05) is 5.75 Å². The molecule has 0 aliphatic carbocycles. The average Bonchev–Trinajstić information content (AvgIpc) is 2.34. The summed E-state index contributed by atoms with van der Waals surface area (Å²) in [6.07, 6.45) is -4.37. The third-order valence-corrected chi connectivity index (χ3v) is 3.09. The molecule has 0 atom stereocenters. The van der Waals surface area contributed by atoms with Crippen molar-refractivity contribution in [2.45, 2.75) is 18.1 Å². The molecule has 1 aromatic rings. The van der Waals surface area contributed by atoms with Gasteiger partial charge in [0.1, 0.15) is 5.75 Å². The van der Waals surface area contributed by atoms with Crippen LogP contribution in [0.15, 0.2) is 18.2 Å². The largest absolute Gasteiger partial charge is 0.492 e. The Morgan fingerprint density at radius 1 is 1.10 bits per heavy atom. The lowest BCUT2D eigenvalue weighted by atomic mass is 10.1. The van der Waals surface area contributed by atoms with Gasteiger partial charge in [-0.3, -0.25) is 0 Å². The Kier molecular flexibility index (Phi) is 6.21. The van der Waals surface area contributed by atoms with Crippen LogP contribution in [0.3, 0.4) is 0 Å². The van der Waals surface area contributed by atoms with Crippen molar-refractivity contribution in [1.82, 2.24) is 0 Å². The van der Waals surface area contributed by atoms with Gasteiger partial charge in [-0.05, 0) is 42.4 Å². The Morgan fingerprint density at radius 2 is 1.76 bits per heavy atom. The van der Waals surface area contributed by atoms with Crippen molar-refractivity contribution in [2.24, 2.45) is 5.73 Å². The normalized spacial score (nSPS) is 12.5. The van der Waals surface area contributed by atoms with Crippen LogP contribution in [0.1, 0.15) is 11.1 Å². The summed E-state index contributed by atoms with van der Waals surface area (Å²) in [4.78, 5) is 0. The second-order valence-corrected chi connectivity index (χ2v) is 5.17. The first-order valence-electron chi connectivity index (χ1n) is 5.87. The minimum atomic E-state index is -4.64. The van der Waals surface area contributed by atoms with Gasteiger partial charge in [0.05, 0.1) is 12.2 Å². The number of nitrogens with two attached hydrogens (primary N) is 1. The van der Waals surface area contributed by atoms with Gasteiger partial charge in [0.2, 0.25) is 0 Å². The summed E-state index contributed by atoms with van der Waals surface area (Å²) in [5, 5.41) is 0. The fourth-order valence-corrected chi connectivity index (χ4v) is 1.95. The van der Waals surface area contributed by atoms with Crippen LogP contribution < -0.4 is 10.5 Å². The lowest BCUT2D eigenvalue weighted by Gasteiger charge is -2.15. The molecule has 0 saturated carbocycles. The van der Waals surface area contributed by atoms with Gasteiger partial charge in [-0.25, -0.2) is 0 Å². The summed E-state index contributed by atoms with van der Waals surface area (Å²) in [6.45, 7) is -0.275. The maximum Gasteiger partial charge on any atom is 0.441 e. The molecule has 0 aliphatic heterocycles. The van der Waals surface area contributed by atoms with E-state index in [1.54, 1.807) is 0 Å². The van der Waals surface area contributed by atoms with Crippen LogP contribution in [0.5, 0.6) is 5.75 Å². The van der Waals surface area contributed by atoms with Crippen molar-refractivity contribution < 1.29 is 31.1 Å². The van der Waals surface area contributed by atoms with Crippen LogP contribution in [-0.2, 0) is 12.6 Å². The molecule has 0 saturated heterocycles. The Labute approximate surface area is 121 Å². The van der Waals surface area contributed by atoms with E-state index < -0.39 is 35.4 Å². The summed E-state index contributed by atoms with van der Waals surface area (Å²) in [5.74, 6) is -0.961. The predicted molar refractivity (Wildman–Crippen MR) is 68.2 cm³/mol. The molecular formula is C12H13F6NOS. The number of hydrogen-bond donors (Lipinski definition) is 1. The first kappa shape index (κ1) is 18.0. The van der Waals surface area contributed by atoms with E-state index in [1.807, 2.05) is 0 Å². The maximum absolute atomic E-state index is 12.9. The molecule has 0 spiro atoms. The number of alkyl halides is 6. The highest BCUT2D eigenvalue weighted by Crippen LogP contribution is 2.37. The van der Waals surface area contributed by atoms with Crippen molar-refractivity contribution >= 4 is 11.8 Å². The van der Waals surface area contributed by atoms with E-state index in [0.29, 0.717) is 5.56 Å². The summed E-state index contributed by atoms with van der Waals surface area (Å²) in [6, 6.07) is 3.42. The highest BCUT2D eigenvalue weighted by Gasteiger charge is 2.35. The molecule has 0 fully saturated rings. The van der Waals surface area contributed by atoms with Gasteiger partial charge >= 0.3 is 11.7 Å². The zero-order valence-electron chi connectivity index (χ0n) is 10.7. The smallest absolute Gasteiger partial charge is 0.441 e. The van der Waals surface area contributed by atoms with Gasteiger partial charge in [-0.15, -0.1) is 0 Å². The molecule has 0 radical (unpaired) electrons. The molecule has 0 heterocycles. The van der Waals surface area contributed by atoms with Gasteiger partial charge in [0.25, 0.3) is 0 Å². The van der Waals surface area contributed by atoms with Crippen molar-refractivity contribution in [3.8, 4) is 5.75 Å². The van der Waals surface area contributed by atoms with E-state index in [2.05, 4.69) is 0 Å². The van der Waals surface area contributed by atoms with Crippen molar-refractivity contribution in [1.29, 1.82) is 0 Å². The Morgan fingerprint density at radius 3 is 2.29 bits per heavy atom. The highest BCUT2D eigenvalue weighted by molar-refractivity contribution is 8.00. The summed E-state index contributed by atoms with van der Waals surface area (Å²) in [5.41, 5.74) is 0.227. The molecule has 1 rings (SSSR count). The van der Waals surface area contributed by atoms with E-state index in [9.17, 15) is 26.3 Å². The molecule has 0 amide bonds. The highest BCUT2D eigenvalue weighted by atomic mass is 32.2. The molecule has 0 bridgehead atoms. The summed E-state index contributed by atoms with van der Waals surface area (Å²) >= 11 is -0.345. The van der Waals surface area contributed by atoms with Crippen molar-refractivity contribution in [2.75, 3.05) is 18.9 Å². The van der Waals surface area contributed by atoms with Crippen molar-refractivity contribution in [3.05, 3.63) is 29.3 Å². The Balaban J connectivity index is 2.77. The number of thioether (sulfide) groups is 1. The van der Waals surface area contributed by atoms with Crippen LogP contribution >= 0.6 is 11.8 Å². The maximum atomic E-state index is 12.9. The number of rotatable bonds is 6. The summed E-state index contributed by atoms with van der Waals surface area (Å²) < 4.78 is 79.1. The molecule has 0 unspecified atom stereocenters. The number of ether oxygens (including phenoxy) is 1. The average molecular weight is 333 g/mol. The van der Waals surface area contributed by atoms with Crippen LogP contribution in [-0.4, -0.2) is 24.4 Å². The second kappa shape index (κ2) is 7.26.